The number of hydrogen-bond donors (Lipinski definition) is 0. The van der Waals surface area contributed by atoms with E-state index in [9.17, 15) is 4.79 Å². The molecule has 2 rings (SSSR count). The lowest BCUT2D eigenvalue weighted by atomic mass is 9.93. The molecule has 0 saturated heterocycles. The molecule has 0 N–H and O–H groups in total. The first-order valence-corrected chi connectivity index (χ1v) is 8.73. The SMILES string of the molecule is CCc1ccc(C(=O)OC)cc1-c1c(C)cc(OCOC)cc1I. The van der Waals surface area contributed by atoms with Gasteiger partial charge in [-0.2, -0.15) is 0 Å². The van der Waals surface area contributed by atoms with Crippen molar-refractivity contribution in [2.24, 2.45) is 0 Å². The number of carbonyl (C=O) groups excluding carboxylic acids is 1. The van der Waals surface area contributed by atoms with Gasteiger partial charge < -0.3 is 14.2 Å². The highest BCUT2D eigenvalue weighted by Gasteiger charge is 2.15. The van der Waals surface area contributed by atoms with Crippen molar-refractivity contribution in [2.75, 3.05) is 21.0 Å². The molecule has 0 fully saturated rings. The van der Waals surface area contributed by atoms with Crippen molar-refractivity contribution in [3.05, 3.63) is 50.6 Å². The summed E-state index contributed by atoms with van der Waals surface area (Å²) in [6.45, 7) is 4.36. The highest BCUT2D eigenvalue weighted by molar-refractivity contribution is 14.1. The number of ether oxygens (including phenoxy) is 3. The molecule has 0 saturated carbocycles. The molecule has 128 valence electrons. The highest BCUT2D eigenvalue weighted by atomic mass is 127. The molecule has 0 atom stereocenters. The van der Waals surface area contributed by atoms with Crippen LogP contribution in [0.3, 0.4) is 0 Å². The van der Waals surface area contributed by atoms with Crippen molar-refractivity contribution >= 4 is 28.6 Å². The summed E-state index contributed by atoms with van der Waals surface area (Å²) in [5.74, 6) is 0.441. The number of carbonyl (C=O) groups is 1. The maximum Gasteiger partial charge on any atom is 0.337 e. The molecule has 0 aliphatic carbocycles. The van der Waals surface area contributed by atoms with E-state index in [1.165, 1.54) is 12.7 Å². The summed E-state index contributed by atoms with van der Waals surface area (Å²) in [5, 5.41) is 0. The van der Waals surface area contributed by atoms with E-state index in [0.717, 1.165) is 32.4 Å². The van der Waals surface area contributed by atoms with Crippen LogP contribution in [0.25, 0.3) is 11.1 Å². The van der Waals surface area contributed by atoms with Crippen LogP contribution in [-0.2, 0) is 15.9 Å². The third-order valence-corrected chi connectivity index (χ3v) is 4.64. The van der Waals surface area contributed by atoms with E-state index in [2.05, 4.69) is 29.5 Å². The first-order chi connectivity index (χ1) is 11.5. The fourth-order valence-corrected chi connectivity index (χ4v) is 3.65. The van der Waals surface area contributed by atoms with Crippen molar-refractivity contribution in [2.45, 2.75) is 20.3 Å². The van der Waals surface area contributed by atoms with Crippen LogP contribution in [0, 0.1) is 10.5 Å². The van der Waals surface area contributed by atoms with Gasteiger partial charge in [-0.3, -0.25) is 0 Å². The summed E-state index contributed by atoms with van der Waals surface area (Å²) < 4.78 is 16.4. The van der Waals surface area contributed by atoms with Gasteiger partial charge in [-0.25, -0.2) is 4.79 Å². The molecular formula is C19H21IO4. The molecule has 2 aromatic rings. The van der Waals surface area contributed by atoms with Crippen molar-refractivity contribution in [3.8, 4) is 16.9 Å². The Balaban J connectivity index is 2.56. The van der Waals surface area contributed by atoms with E-state index in [1.807, 2.05) is 37.3 Å². The summed E-state index contributed by atoms with van der Waals surface area (Å²) in [4.78, 5) is 11.9. The van der Waals surface area contributed by atoms with Gasteiger partial charge in [0.25, 0.3) is 0 Å². The smallest absolute Gasteiger partial charge is 0.337 e. The third kappa shape index (κ3) is 4.08. The van der Waals surface area contributed by atoms with Gasteiger partial charge in [0.2, 0.25) is 0 Å². The van der Waals surface area contributed by atoms with Crippen LogP contribution >= 0.6 is 22.6 Å². The summed E-state index contributed by atoms with van der Waals surface area (Å²) in [5.41, 5.74) is 5.00. The normalized spacial score (nSPS) is 10.5. The number of rotatable bonds is 6. The Bertz CT molecular complexity index is 717. The van der Waals surface area contributed by atoms with E-state index in [-0.39, 0.29) is 12.8 Å². The van der Waals surface area contributed by atoms with E-state index >= 15 is 0 Å². The Morgan fingerprint density at radius 2 is 1.92 bits per heavy atom. The van der Waals surface area contributed by atoms with Crippen molar-refractivity contribution in [1.82, 2.24) is 0 Å². The fourth-order valence-electron chi connectivity index (χ4n) is 2.63. The topological polar surface area (TPSA) is 44.8 Å². The standard InChI is InChI=1S/C19H21IO4/c1-5-13-6-7-14(19(21)23-4)9-16(13)18-12(2)8-15(10-17(18)20)24-11-22-3/h6-10H,5,11H2,1-4H3. The predicted molar refractivity (Wildman–Crippen MR) is 103 cm³/mol. The minimum atomic E-state index is -0.327. The summed E-state index contributed by atoms with van der Waals surface area (Å²) in [6.07, 6.45) is 0.883. The van der Waals surface area contributed by atoms with Crippen molar-refractivity contribution in [3.63, 3.8) is 0 Å². The molecule has 0 aromatic heterocycles. The Morgan fingerprint density at radius 1 is 1.17 bits per heavy atom. The molecule has 24 heavy (non-hydrogen) atoms. The predicted octanol–water partition coefficient (Wildman–Crippen LogP) is 4.60. The molecule has 0 heterocycles. The number of benzene rings is 2. The van der Waals surface area contributed by atoms with Crippen LogP contribution in [0.2, 0.25) is 0 Å². The van der Waals surface area contributed by atoms with Crippen LogP contribution < -0.4 is 4.74 Å². The monoisotopic (exact) mass is 440 g/mol. The largest absolute Gasteiger partial charge is 0.468 e. The second kappa shape index (κ2) is 8.48. The van der Waals surface area contributed by atoms with Crippen molar-refractivity contribution < 1.29 is 19.0 Å². The number of halogens is 1. The first kappa shape index (κ1) is 18.7. The fraction of sp³-hybridized carbons (Fsp3) is 0.316. The third-order valence-electron chi connectivity index (χ3n) is 3.79. The Morgan fingerprint density at radius 3 is 2.50 bits per heavy atom. The molecule has 2 aromatic carbocycles. The van der Waals surface area contributed by atoms with Crippen LogP contribution in [0.5, 0.6) is 5.75 Å². The van der Waals surface area contributed by atoms with Gasteiger partial charge >= 0.3 is 5.97 Å². The highest BCUT2D eigenvalue weighted by Crippen LogP contribution is 2.35. The minimum Gasteiger partial charge on any atom is -0.468 e. The average Bonchev–Trinajstić information content (AvgIpc) is 2.58. The molecule has 0 unspecified atom stereocenters. The number of hydrogen-bond acceptors (Lipinski definition) is 4. The van der Waals surface area contributed by atoms with Gasteiger partial charge in [-0.15, -0.1) is 0 Å². The molecule has 0 spiro atoms. The average molecular weight is 440 g/mol. The van der Waals surface area contributed by atoms with Gasteiger partial charge in [0.15, 0.2) is 6.79 Å². The number of methoxy groups -OCH3 is 2. The van der Waals surface area contributed by atoms with Gasteiger partial charge in [0, 0.05) is 10.7 Å². The lowest BCUT2D eigenvalue weighted by Crippen LogP contribution is -2.04. The quantitative estimate of drug-likeness (QED) is 0.374. The zero-order valence-electron chi connectivity index (χ0n) is 14.3. The first-order valence-electron chi connectivity index (χ1n) is 7.65. The van der Waals surface area contributed by atoms with Gasteiger partial charge in [-0.05, 0) is 82.5 Å². The lowest BCUT2D eigenvalue weighted by molar-refractivity contribution is 0.0510. The summed E-state index contributed by atoms with van der Waals surface area (Å²) in [6, 6.07) is 9.68. The molecule has 0 aliphatic rings. The van der Waals surface area contributed by atoms with Crippen LogP contribution in [0.4, 0.5) is 0 Å². The van der Waals surface area contributed by atoms with Gasteiger partial charge in [0.05, 0.1) is 12.7 Å². The Kier molecular flexibility index (Phi) is 6.62. The lowest BCUT2D eigenvalue weighted by Gasteiger charge is -2.16. The van der Waals surface area contributed by atoms with E-state index < -0.39 is 0 Å². The maximum absolute atomic E-state index is 11.9. The van der Waals surface area contributed by atoms with Gasteiger partial charge in [-0.1, -0.05) is 13.0 Å². The molecule has 0 bridgehead atoms. The Labute approximate surface area is 156 Å². The molecule has 0 radical (unpaired) electrons. The van der Waals surface area contributed by atoms with Crippen molar-refractivity contribution in [1.29, 1.82) is 0 Å². The summed E-state index contributed by atoms with van der Waals surface area (Å²) >= 11 is 2.30. The number of esters is 1. The van der Waals surface area contributed by atoms with E-state index in [4.69, 9.17) is 14.2 Å². The second-order valence-corrected chi connectivity index (χ2v) is 6.53. The van der Waals surface area contributed by atoms with E-state index in [1.54, 1.807) is 7.11 Å². The molecule has 5 heteroatoms. The van der Waals surface area contributed by atoms with E-state index in [0.29, 0.717) is 5.56 Å². The maximum atomic E-state index is 11.9. The van der Waals surface area contributed by atoms with Crippen LogP contribution in [-0.4, -0.2) is 27.0 Å². The molecular weight excluding hydrogens is 419 g/mol. The van der Waals surface area contributed by atoms with Crippen LogP contribution in [0.15, 0.2) is 30.3 Å². The molecule has 0 aliphatic heterocycles. The zero-order chi connectivity index (χ0) is 17.7. The molecule has 0 amide bonds. The van der Waals surface area contributed by atoms with Gasteiger partial charge in [0.1, 0.15) is 5.75 Å². The van der Waals surface area contributed by atoms with Crippen LogP contribution in [0.1, 0.15) is 28.4 Å². The number of aryl methyl sites for hydroxylation is 2. The minimum absolute atomic E-state index is 0.215. The Hall–Kier alpha value is -1.60. The second-order valence-electron chi connectivity index (χ2n) is 5.36. The molecule has 4 nitrogen and oxygen atoms in total. The summed E-state index contributed by atoms with van der Waals surface area (Å²) in [7, 11) is 2.99. The zero-order valence-corrected chi connectivity index (χ0v) is 16.5.